The molecule has 0 saturated carbocycles. The minimum atomic E-state index is -2.90. The van der Waals surface area contributed by atoms with Gasteiger partial charge in [-0.15, -0.1) is 0 Å². The van der Waals surface area contributed by atoms with E-state index in [1.54, 1.807) is 36.1 Å². The third-order valence-corrected chi connectivity index (χ3v) is 11.0. The molecule has 7 rings (SSSR count). The molecule has 44 heavy (non-hydrogen) atoms. The van der Waals surface area contributed by atoms with Crippen molar-refractivity contribution in [1.82, 2.24) is 0 Å². The molecule has 0 aromatic heterocycles. The van der Waals surface area contributed by atoms with Gasteiger partial charge in [0.25, 0.3) is 11.2 Å². The molecule has 1 unspecified atom stereocenters. The Balaban J connectivity index is 1.56. The summed E-state index contributed by atoms with van der Waals surface area (Å²) in [4.78, 5) is 61.9. The molecule has 5 atom stereocenters. The Morgan fingerprint density at radius 3 is 2.14 bits per heavy atom. The Labute approximate surface area is 271 Å². The van der Waals surface area contributed by atoms with Gasteiger partial charge in [0.1, 0.15) is 0 Å². The molecule has 5 heterocycles. The van der Waals surface area contributed by atoms with Gasteiger partial charge < -0.3 is 29.1 Å². The van der Waals surface area contributed by atoms with Crippen molar-refractivity contribution in [2.45, 2.75) is 68.4 Å². The Morgan fingerprint density at radius 1 is 0.909 bits per heavy atom. The van der Waals surface area contributed by atoms with Crippen molar-refractivity contribution in [3.63, 3.8) is 0 Å². The topological polar surface area (TPSA) is 123 Å². The number of nitrogens with zero attached hydrogens (tertiary/aromatic N) is 2. The molecule has 3 saturated heterocycles. The summed E-state index contributed by atoms with van der Waals surface area (Å²) >= 11 is 6.88. The summed E-state index contributed by atoms with van der Waals surface area (Å²) < 4.78 is 19.5. The van der Waals surface area contributed by atoms with Crippen LogP contribution in [0.4, 0.5) is 11.4 Å². The normalized spacial score (nSPS) is 32.8. The zero-order valence-electron chi connectivity index (χ0n) is 24.4. The van der Waals surface area contributed by atoms with E-state index < -0.39 is 51.9 Å². The zero-order chi connectivity index (χ0) is 31.2. The Morgan fingerprint density at radius 2 is 1.50 bits per heavy atom. The molecule has 12 heteroatoms. The molecule has 0 amide bonds. The fourth-order valence-electron chi connectivity index (χ4n) is 8.58. The van der Waals surface area contributed by atoms with Crippen molar-refractivity contribution in [1.29, 1.82) is 0 Å². The van der Waals surface area contributed by atoms with Gasteiger partial charge in [-0.2, -0.15) is 0 Å². The zero-order valence-corrected chi connectivity index (χ0v) is 27.5. The van der Waals surface area contributed by atoms with E-state index >= 15 is 0 Å². The molecule has 2 aromatic rings. The Hall–Kier alpha value is -2.80. The van der Waals surface area contributed by atoms with Gasteiger partial charge in [0, 0.05) is 44.8 Å². The minimum Gasteiger partial charge on any atom is -0.463 e. The molecular formula is C32H32Br2N2O8. The van der Waals surface area contributed by atoms with Crippen LogP contribution >= 0.6 is 31.9 Å². The van der Waals surface area contributed by atoms with Crippen LogP contribution in [-0.4, -0.2) is 77.4 Å². The molecule has 3 fully saturated rings. The van der Waals surface area contributed by atoms with Gasteiger partial charge in [-0.1, -0.05) is 45.7 Å². The van der Waals surface area contributed by atoms with Crippen LogP contribution in [0, 0.1) is 5.92 Å². The molecule has 5 aliphatic rings. The van der Waals surface area contributed by atoms with Gasteiger partial charge in [-0.3, -0.25) is 9.59 Å². The van der Waals surface area contributed by atoms with Gasteiger partial charge >= 0.3 is 11.9 Å². The maximum absolute atomic E-state index is 15.0. The van der Waals surface area contributed by atoms with Crippen molar-refractivity contribution in [3.05, 3.63) is 56.5 Å². The second-order valence-electron chi connectivity index (χ2n) is 12.1. The average Bonchev–Trinajstić information content (AvgIpc) is 3.70. The van der Waals surface area contributed by atoms with Crippen molar-refractivity contribution in [3.8, 4) is 0 Å². The number of anilines is 2. The standard InChI is InChI=1S/C32H32Br2N2O8/c1-3-14-42-27(39)30(41)25(37)20-16-18(33)7-9-23(20)36-13-10-24-29-11-5-12-35(29)22-8-6-19(34)17-21(22)26(38)31(29,44-32(24,30)36)28(40)43-15-4-2/h6-9,16-17,24,41H,3-5,10-15H2,1-2H3/t24?,29-,30+,31+,32-/m0/s1. The van der Waals surface area contributed by atoms with Crippen molar-refractivity contribution >= 4 is 66.7 Å². The number of esters is 2. The molecule has 232 valence electrons. The van der Waals surface area contributed by atoms with Crippen LogP contribution in [0.2, 0.25) is 0 Å². The smallest absolute Gasteiger partial charge is 0.351 e. The van der Waals surface area contributed by atoms with Gasteiger partial charge in [0.2, 0.25) is 11.6 Å². The van der Waals surface area contributed by atoms with Crippen LogP contribution in [-0.2, 0) is 23.8 Å². The predicted molar refractivity (Wildman–Crippen MR) is 166 cm³/mol. The van der Waals surface area contributed by atoms with E-state index in [0.717, 1.165) is 0 Å². The Kier molecular flexibility index (Phi) is 6.86. The van der Waals surface area contributed by atoms with Crippen molar-refractivity contribution in [2.75, 3.05) is 36.1 Å². The van der Waals surface area contributed by atoms with Crippen molar-refractivity contribution < 1.29 is 38.5 Å². The number of hydrogen-bond acceptors (Lipinski definition) is 10. The highest BCUT2D eigenvalue weighted by molar-refractivity contribution is 9.10. The second kappa shape index (κ2) is 10.1. The number of ketones is 2. The third kappa shape index (κ3) is 3.32. The number of fused-ring (bicyclic) bond motifs is 4. The first kappa shape index (κ1) is 29.9. The lowest BCUT2D eigenvalue weighted by molar-refractivity contribution is -0.212. The van der Waals surface area contributed by atoms with Crippen LogP contribution in [0.5, 0.6) is 0 Å². The summed E-state index contributed by atoms with van der Waals surface area (Å²) in [5.41, 5.74) is -7.21. The fraction of sp³-hybridized carbons (Fsp3) is 0.500. The SMILES string of the molecule is CCCOC(=O)[C@]1(O)C(=O)c2cc(Br)ccc2N2CCC3[C@@]21O[C@@]1(C(=O)OCCC)C(=O)c2cc(Br)ccc2N2CCC[C@@]321. The third-order valence-electron chi connectivity index (χ3n) is 10.0. The van der Waals surface area contributed by atoms with Gasteiger partial charge in [-0.25, -0.2) is 9.59 Å². The van der Waals surface area contributed by atoms with Gasteiger partial charge in [-0.05, 0) is 68.5 Å². The Bertz CT molecular complexity index is 1630. The van der Waals surface area contributed by atoms with E-state index in [2.05, 4.69) is 31.9 Å². The van der Waals surface area contributed by atoms with Crippen LogP contribution in [0.1, 0.15) is 66.7 Å². The number of ether oxygens (including phenoxy) is 3. The van der Waals surface area contributed by atoms with Crippen LogP contribution < -0.4 is 9.80 Å². The summed E-state index contributed by atoms with van der Waals surface area (Å²) in [5.74, 6) is -4.41. The molecule has 5 aliphatic heterocycles. The molecular weight excluding hydrogens is 700 g/mol. The summed E-state index contributed by atoms with van der Waals surface area (Å²) in [6, 6.07) is 10.4. The first-order valence-corrected chi connectivity index (χ1v) is 16.7. The quantitative estimate of drug-likeness (QED) is 0.334. The number of benzene rings is 2. The maximum Gasteiger partial charge on any atom is 0.351 e. The lowest BCUT2D eigenvalue weighted by Gasteiger charge is -2.52. The maximum atomic E-state index is 15.0. The van der Waals surface area contributed by atoms with Gasteiger partial charge in [0.15, 0.2) is 5.72 Å². The lowest BCUT2D eigenvalue weighted by atomic mass is 9.61. The first-order chi connectivity index (χ1) is 21.1. The highest BCUT2D eigenvalue weighted by atomic mass is 79.9. The number of hydrogen-bond donors (Lipinski definition) is 1. The second-order valence-corrected chi connectivity index (χ2v) is 13.9. The van der Waals surface area contributed by atoms with Crippen LogP contribution in [0.3, 0.4) is 0 Å². The predicted octanol–water partition coefficient (Wildman–Crippen LogP) is 4.57. The van der Waals surface area contributed by atoms with E-state index in [-0.39, 0.29) is 24.3 Å². The molecule has 0 aliphatic carbocycles. The monoisotopic (exact) mass is 730 g/mol. The number of carbonyl (C=O) groups is 4. The lowest BCUT2D eigenvalue weighted by Crippen LogP contribution is -2.75. The van der Waals surface area contributed by atoms with E-state index in [9.17, 15) is 24.3 Å². The fourth-order valence-corrected chi connectivity index (χ4v) is 9.30. The molecule has 0 radical (unpaired) electrons. The number of Topliss-reactive ketones (excluding diaryl/α,β-unsaturated/α-hetero) is 2. The van der Waals surface area contributed by atoms with E-state index in [0.29, 0.717) is 65.5 Å². The number of rotatable bonds is 6. The molecule has 2 aromatic carbocycles. The number of halogens is 2. The number of carbonyl (C=O) groups excluding carboxylic acids is 4. The van der Waals surface area contributed by atoms with Crippen molar-refractivity contribution in [2.24, 2.45) is 5.92 Å². The highest BCUT2D eigenvalue weighted by Crippen LogP contribution is 2.70. The summed E-state index contributed by atoms with van der Waals surface area (Å²) in [6.07, 6.45) is 2.23. The van der Waals surface area contributed by atoms with E-state index in [4.69, 9.17) is 14.2 Å². The molecule has 1 N–H and O–H groups in total. The summed E-state index contributed by atoms with van der Waals surface area (Å²) in [7, 11) is 0. The first-order valence-electron chi connectivity index (χ1n) is 15.1. The molecule has 0 bridgehead atoms. The summed E-state index contributed by atoms with van der Waals surface area (Å²) in [5, 5.41) is 12.8. The number of aliphatic hydroxyl groups is 1. The average molecular weight is 732 g/mol. The summed E-state index contributed by atoms with van der Waals surface area (Å²) in [6.45, 7) is 4.44. The highest BCUT2D eigenvalue weighted by Gasteiger charge is 2.90. The van der Waals surface area contributed by atoms with Crippen LogP contribution in [0.15, 0.2) is 45.3 Å². The molecule has 2 spiro atoms. The van der Waals surface area contributed by atoms with E-state index in [1.165, 1.54) is 0 Å². The van der Waals surface area contributed by atoms with E-state index in [1.807, 2.05) is 24.0 Å². The largest absolute Gasteiger partial charge is 0.463 e. The minimum absolute atomic E-state index is 0.0403. The molecule has 10 nitrogen and oxygen atoms in total. The van der Waals surface area contributed by atoms with Gasteiger partial charge in [0.05, 0.1) is 24.4 Å². The van der Waals surface area contributed by atoms with Crippen LogP contribution in [0.25, 0.3) is 0 Å².